The summed E-state index contributed by atoms with van der Waals surface area (Å²) in [5.74, 6) is 0.181. The number of benzene rings is 2. The predicted molar refractivity (Wildman–Crippen MR) is 127 cm³/mol. The number of carbonyl (C=O) groups is 1. The predicted octanol–water partition coefficient (Wildman–Crippen LogP) is 5.69. The highest BCUT2D eigenvalue weighted by Crippen LogP contribution is 2.44. The number of hydrogen-bond acceptors (Lipinski definition) is 4. The van der Waals surface area contributed by atoms with Crippen LogP contribution in [0.3, 0.4) is 0 Å². The third-order valence-corrected chi connectivity index (χ3v) is 7.72. The SMILES string of the molecule is CCC1(CC)Cc2ccccc2-c2nc(SCC(=O)c3ccc(Cl)cc3)n(C)c(=O)c21. The molecule has 0 spiro atoms. The molecular formula is C25H25ClN2O2S. The van der Waals surface area contributed by atoms with Gasteiger partial charge in [-0.2, -0.15) is 0 Å². The van der Waals surface area contributed by atoms with E-state index in [1.807, 2.05) is 18.2 Å². The van der Waals surface area contributed by atoms with Gasteiger partial charge in [-0.15, -0.1) is 0 Å². The van der Waals surface area contributed by atoms with Gasteiger partial charge < -0.3 is 0 Å². The normalized spacial score (nSPS) is 14.1. The van der Waals surface area contributed by atoms with Gasteiger partial charge in [-0.1, -0.05) is 61.5 Å². The Hall–Kier alpha value is -2.37. The maximum absolute atomic E-state index is 13.5. The lowest BCUT2D eigenvalue weighted by Gasteiger charge is -2.38. The third-order valence-electron chi connectivity index (χ3n) is 6.43. The lowest BCUT2D eigenvalue weighted by atomic mass is 9.66. The Labute approximate surface area is 191 Å². The van der Waals surface area contributed by atoms with Gasteiger partial charge >= 0.3 is 0 Å². The van der Waals surface area contributed by atoms with E-state index in [1.165, 1.54) is 17.3 Å². The molecule has 1 aromatic heterocycles. The van der Waals surface area contributed by atoms with E-state index >= 15 is 0 Å². The molecule has 0 unspecified atom stereocenters. The molecule has 6 heteroatoms. The van der Waals surface area contributed by atoms with Crippen LogP contribution in [0.2, 0.25) is 5.02 Å². The molecule has 0 saturated heterocycles. The lowest BCUT2D eigenvalue weighted by Crippen LogP contribution is -2.40. The van der Waals surface area contributed by atoms with Crippen LogP contribution >= 0.6 is 23.4 Å². The topological polar surface area (TPSA) is 52.0 Å². The summed E-state index contributed by atoms with van der Waals surface area (Å²) in [5.41, 5.74) is 4.22. The van der Waals surface area contributed by atoms with Crippen LogP contribution in [0, 0.1) is 0 Å². The Morgan fingerprint density at radius 3 is 2.48 bits per heavy atom. The fourth-order valence-corrected chi connectivity index (χ4v) is 5.43. The first kappa shape index (κ1) is 21.8. The van der Waals surface area contributed by atoms with Crippen LogP contribution in [0.15, 0.2) is 58.5 Å². The molecule has 0 bridgehead atoms. The van der Waals surface area contributed by atoms with Crippen LogP contribution in [-0.2, 0) is 18.9 Å². The Morgan fingerprint density at radius 1 is 1.13 bits per heavy atom. The summed E-state index contributed by atoms with van der Waals surface area (Å²) in [4.78, 5) is 31.1. The number of aromatic nitrogens is 2. The smallest absolute Gasteiger partial charge is 0.258 e. The molecule has 3 aromatic rings. The van der Waals surface area contributed by atoms with Crippen molar-refractivity contribution in [3.63, 3.8) is 0 Å². The molecule has 160 valence electrons. The molecule has 0 fully saturated rings. The van der Waals surface area contributed by atoms with E-state index in [9.17, 15) is 9.59 Å². The number of fused-ring (bicyclic) bond motifs is 3. The summed E-state index contributed by atoms with van der Waals surface area (Å²) in [7, 11) is 1.75. The van der Waals surface area contributed by atoms with E-state index in [2.05, 4.69) is 19.9 Å². The Bertz CT molecular complexity index is 1200. The summed E-state index contributed by atoms with van der Waals surface area (Å²) >= 11 is 7.22. The second-order valence-corrected chi connectivity index (χ2v) is 9.40. The fourth-order valence-electron chi connectivity index (χ4n) is 4.45. The van der Waals surface area contributed by atoms with Gasteiger partial charge in [0, 0.05) is 28.6 Å². The lowest BCUT2D eigenvalue weighted by molar-refractivity contribution is 0.102. The number of carbonyl (C=O) groups excluding carboxylic acids is 1. The average molecular weight is 453 g/mol. The monoisotopic (exact) mass is 452 g/mol. The maximum atomic E-state index is 13.5. The van der Waals surface area contributed by atoms with Crippen molar-refractivity contribution in [3.8, 4) is 11.3 Å². The number of rotatable bonds is 6. The summed E-state index contributed by atoms with van der Waals surface area (Å²) in [6, 6.07) is 15.1. The molecule has 31 heavy (non-hydrogen) atoms. The molecule has 0 aliphatic heterocycles. The van der Waals surface area contributed by atoms with Crippen LogP contribution in [0.5, 0.6) is 0 Å². The Kier molecular flexibility index (Phi) is 6.09. The van der Waals surface area contributed by atoms with Gasteiger partial charge in [-0.05, 0) is 49.1 Å². The standard InChI is InChI=1S/C25H25ClN2O2S/c1-4-25(5-2)14-17-8-6-7-9-19(17)22-21(25)23(30)28(3)24(27-22)31-15-20(29)16-10-12-18(26)13-11-16/h6-13H,4-5,14-15H2,1-3H3. The minimum absolute atomic E-state index is 0.00959. The van der Waals surface area contributed by atoms with Crippen molar-refractivity contribution in [2.24, 2.45) is 7.05 Å². The summed E-state index contributed by atoms with van der Waals surface area (Å²) in [6.07, 6.45) is 2.61. The molecule has 2 aromatic carbocycles. The second kappa shape index (κ2) is 8.64. The first-order valence-corrected chi connectivity index (χ1v) is 11.9. The van der Waals surface area contributed by atoms with Gasteiger partial charge in [-0.25, -0.2) is 4.98 Å². The molecule has 0 saturated carbocycles. The van der Waals surface area contributed by atoms with Crippen LogP contribution in [0.25, 0.3) is 11.3 Å². The summed E-state index contributed by atoms with van der Waals surface area (Å²) in [6.45, 7) is 4.29. The van der Waals surface area contributed by atoms with Crippen molar-refractivity contribution in [1.82, 2.24) is 9.55 Å². The highest BCUT2D eigenvalue weighted by molar-refractivity contribution is 7.99. The second-order valence-electron chi connectivity index (χ2n) is 8.02. The van der Waals surface area contributed by atoms with Crippen molar-refractivity contribution in [1.29, 1.82) is 0 Å². The zero-order chi connectivity index (χ0) is 22.2. The number of thioether (sulfide) groups is 1. The molecule has 0 N–H and O–H groups in total. The number of hydrogen-bond donors (Lipinski definition) is 0. The highest BCUT2D eigenvalue weighted by Gasteiger charge is 2.40. The van der Waals surface area contributed by atoms with E-state index < -0.39 is 0 Å². The molecule has 4 nitrogen and oxygen atoms in total. The van der Waals surface area contributed by atoms with Crippen LogP contribution in [-0.4, -0.2) is 21.1 Å². The number of Topliss-reactive ketones (excluding diaryl/α,β-unsaturated/α-hetero) is 1. The van der Waals surface area contributed by atoms with Crippen molar-refractivity contribution < 1.29 is 4.79 Å². The number of halogens is 1. The minimum Gasteiger partial charge on any atom is -0.293 e. The molecule has 1 aliphatic carbocycles. The summed E-state index contributed by atoms with van der Waals surface area (Å²) < 4.78 is 1.60. The van der Waals surface area contributed by atoms with E-state index in [4.69, 9.17) is 16.6 Å². The van der Waals surface area contributed by atoms with Gasteiger partial charge in [0.2, 0.25) is 0 Å². The molecule has 4 rings (SSSR count). The van der Waals surface area contributed by atoms with E-state index in [0.29, 0.717) is 15.7 Å². The molecule has 0 amide bonds. The molecular weight excluding hydrogens is 428 g/mol. The first-order chi connectivity index (χ1) is 14.9. The maximum Gasteiger partial charge on any atom is 0.258 e. The third kappa shape index (κ3) is 3.85. The van der Waals surface area contributed by atoms with Crippen molar-refractivity contribution in [2.75, 3.05) is 5.75 Å². The van der Waals surface area contributed by atoms with Crippen LogP contribution < -0.4 is 5.56 Å². The van der Waals surface area contributed by atoms with Crippen molar-refractivity contribution in [2.45, 2.75) is 43.7 Å². The average Bonchev–Trinajstić information content (AvgIpc) is 2.79. The molecule has 1 aliphatic rings. The Morgan fingerprint density at radius 2 is 1.81 bits per heavy atom. The van der Waals surface area contributed by atoms with Crippen LogP contribution in [0.1, 0.15) is 48.2 Å². The van der Waals surface area contributed by atoms with Gasteiger partial charge in [0.25, 0.3) is 5.56 Å². The zero-order valence-electron chi connectivity index (χ0n) is 17.9. The number of nitrogens with zero attached hydrogens (tertiary/aromatic N) is 2. The molecule has 0 radical (unpaired) electrons. The van der Waals surface area contributed by atoms with Crippen LogP contribution in [0.4, 0.5) is 0 Å². The molecule has 0 atom stereocenters. The molecule has 1 heterocycles. The van der Waals surface area contributed by atoms with Crippen molar-refractivity contribution in [3.05, 3.63) is 80.6 Å². The fraction of sp³-hybridized carbons (Fsp3) is 0.320. The van der Waals surface area contributed by atoms with Gasteiger partial charge in [0.15, 0.2) is 10.9 Å². The summed E-state index contributed by atoms with van der Waals surface area (Å²) in [5, 5.41) is 1.15. The highest BCUT2D eigenvalue weighted by atomic mass is 35.5. The van der Waals surface area contributed by atoms with Gasteiger partial charge in [0.05, 0.1) is 17.0 Å². The van der Waals surface area contributed by atoms with E-state index in [1.54, 1.807) is 35.9 Å². The largest absolute Gasteiger partial charge is 0.293 e. The first-order valence-electron chi connectivity index (χ1n) is 10.5. The number of ketones is 1. The Balaban J connectivity index is 1.76. The van der Waals surface area contributed by atoms with Gasteiger partial charge in [0.1, 0.15) is 0 Å². The minimum atomic E-state index is -0.214. The van der Waals surface area contributed by atoms with E-state index in [0.717, 1.165) is 36.1 Å². The van der Waals surface area contributed by atoms with Gasteiger partial charge in [-0.3, -0.25) is 14.2 Å². The van der Waals surface area contributed by atoms with Crippen molar-refractivity contribution >= 4 is 29.1 Å². The zero-order valence-corrected chi connectivity index (χ0v) is 19.5. The quantitative estimate of drug-likeness (QED) is 0.274. The van der Waals surface area contributed by atoms with E-state index in [-0.39, 0.29) is 22.5 Å².